The second-order valence-corrected chi connectivity index (χ2v) is 3.54. The van der Waals surface area contributed by atoms with E-state index in [9.17, 15) is 9.59 Å². The van der Waals surface area contributed by atoms with E-state index in [0.29, 0.717) is 13.2 Å². The topological polar surface area (TPSA) is 90.7 Å². The van der Waals surface area contributed by atoms with Gasteiger partial charge < -0.3 is 20.5 Å². The van der Waals surface area contributed by atoms with Crippen LogP contribution in [0.1, 0.15) is 13.8 Å². The number of amides is 1. The van der Waals surface area contributed by atoms with Gasteiger partial charge in [-0.05, 0) is 12.8 Å². The number of carbonyl (C=O) groups is 2. The summed E-state index contributed by atoms with van der Waals surface area (Å²) in [6.07, 6.45) is 0. The second-order valence-electron chi connectivity index (χ2n) is 3.54. The first-order valence-electron chi connectivity index (χ1n) is 5.21. The zero-order chi connectivity index (χ0) is 12.6. The number of carbonyl (C=O) groups excluding carboxylic acids is 2. The molecule has 0 bridgehead atoms. The summed E-state index contributed by atoms with van der Waals surface area (Å²) in [5.41, 5.74) is 5.39. The first-order valence-corrected chi connectivity index (χ1v) is 5.21. The molecule has 1 amide bonds. The van der Waals surface area contributed by atoms with Gasteiger partial charge in [-0.2, -0.15) is 0 Å². The lowest BCUT2D eigenvalue weighted by atomic mass is 10.2. The molecule has 0 heterocycles. The molecule has 2 unspecified atom stereocenters. The van der Waals surface area contributed by atoms with Gasteiger partial charge in [0.25, 0.3) is 0 Å². The molecule has 0 radical (unpaired) electrons. The largest absolute Gasteiger partial charge is 0.464 e. The predicted octanol–water partition coefficient (Wildman–Crippen LogP) is -0.724. The van der Waals surface area contributed by atoms with E-state index in [4.69, 9.17) is 10.5 Å². The first-order chi connectivity index (χ1) is 7.52. The van der Waals surface area contributed by atoms with Gasteiger partial charge in [0, 0.05) is 13.7 Å². The molecule has 6 heteroatoms. The molecule has 16 heavy (non-hydrogen) atoms. The summed E-state index contributed by atoms with van der Waals surface area (Å²) in [5.74, 6) is -1.07. The molecule has 0 aromatic heterocycles. The van der Waals surface area contributed by atoms with E-state index < -0.39 is 17.9 Å². The molecule has 0 saturated carbocycles. The van der Waals surface area contributed by atoms with Gasteiger partial charge >= 0.3 is 5.97 Å². The molecule has 0 aromatic carbocycles. The maximum absolute atomic E-state index is 11.4. The minimum absolute atomic E-state index is 0.170. The molecule has 0 spiro atoms. The molecule has 0 saturated heterocycles. The average molecular weight is 232 g/mol. The summed E-state index contributed by atoms with van der Waals surface area (Å²) in [6, 6.07) is -1.25. The van der Waals surface area contributed by atoms with Gasteiger partial charge in [-0.25, -0.2) is 4.79 Å². The Balaban J connectivity index is 3.91. The zero-order valence-corrected chi connectivity index (χ0v) is 9.99. The Morgan fingerprint density at radius 2 is 2.06 bits per heavy atom. The fourth-order valence-electron chi connectivity index (χ4n) is 1.07. The SMILES string of the molecule is CCOC(=O)C(N)C(=O)NCC(C)COC. The van der Waals surface area contributed by atoms with Crippen LogP contribution in [0.25, 0.3) is 0 Å². The summed E-state index contributed by atoms with van der Waals surface area (Å²) in [5, 5.41) is 2.56. The fourth-order valence-corrected chi connectivity index (χ4v) is 1.07. The van der Waals surface area contributed by atoms with Crippen molar-refractivity contribution in [3.8, 4) is 0 Å². The van der Waals surface area contributed by atoms with Gasteiger partial charge in [-0.1, -0.05) is 6.92 Å². The Morgan fingerprint density at radius 3 is 2.56 bits per heavy atom. The van der Waals surface area contributed by atoms with Gasteiger partial charge in [0.1, 0.15) is 0 Å². The summed E-state index contributed by atoms with van der Waals surface area (Å²) < 4.78 is 9.54. The highest BCUT2D eigenvalue weighted by molar-refractivity contribution is 6.01. The second kappa shape index (κ2) is 8.06. The van der Waals surface area contributed by atoms with Gasteiger partial charge in [-0.15, -0.1) is 0 Å². The van der Waals surface area contributed by atoms with E-state index in [2.05, 4.69) is 10.1 Å². The monoisotopic (exact) mass is 232 g/mol. The van der Waals surface area contributed by atoms with Crippen molar-refractivity contribution in [1.82, 2.24) is 5.32 Å². The van der Waals surface area contributed by atoms with Crippen molar-refractivity contribution in [2.24, 2.45) is 11.7 Å². The van der Waals surface area contributed by atoms with Crippen LogP contribution >= 0.6 is 0 Å². The van der Waals surface area contributed by atoms with E-state index in [1.165, 1.54) is 0 Å². The van der Waals surface area contributed by atoms with E-state index >= 15 is 0 Å². The zero-order valence-electron chi connectivity index (χ0n) is 9.99. The van der Waals surface area contributed by atoms with Crippen LogP contribution in [0.15, 0.2) is 0 Å². The lowest BCUT2D eigenvalue weighted by Crippen LogP contribution is -2.48. The van der Waals surface area contributed by atoms with E-state index in [0.717, 1.165) is 0 Å². The van der Waals surface area contributed by atoms with E-state index in [-0.39, 0.29) is 12.5 Å². The van der Waals surface area contributed by atoms with Gasteiger partial charge in [0.2, 0.25) is 5.91 Å². The minimum Gasteiger partial charge on any atom is -0.464 e. The van der Waals surface area contributed by atoms with Gasteiger partial charge in [0.05, 0.1) is 13.2 Å². The number of rotatable bonds is 7. The normalized spacial score (nSPS) is 14.0. The third-order valence-corrected chi connectivity index (χ3v) is 1.90. The molecule has 3 N–H and O–H groups in total. The maximum atomic E-state index is 11.4. The van der Waals surface area contributed by atoms with Crippen LogP contribution in [0, 0.1) is 5.92 Å². The van der Waals surface area contributed by atoms with Crippen LogP contribution in [0.4, 0.5) is 0 Å². The number of ether oxygens (including phenoxy) is 2. The van der Waals surface area contributed by atoms with Gasteiger partial charge in [-0.3, -0.25) is 4.79 Å². The molecule has 0 aliphatic rings. The Morgan fingerprint density at radius 1 is 1.44 bits per heavy atom. The summed E-state index contributed by atoms with van der Waals surface area (Å²) in [4.78, 5) is 22.5. The Labute approximate surface area is 95.5 Å². The average Bonchev–Trinajstić information content (AvgIpc) is 2.25. The molecule has 94 valence electrons. The Bertz CT molecular complexity index is 233. The van der Waals surface area contributed by atoms with Crippen molar-refractivity contribution in [3.63, 3.8) is 0 Å². The minimum atomic E-state index is -1.25. The molecular weight excluding hydrogens is 212 g/mol. The molecule has 0 aliphatic carbocycles. The van der Waals surface area contributed by atoms with Crippen LogP contribution in [0.3, 0.4) is 0 Å². The summed E-state index contributed by atoms with van der Waals surface area (Å²) in [6.45, 7) is 4.73. The van der Waals surface area contributed by atoms with Crippen molar-refractivity contribution in [2.45, 2.75) is 19.9 Å². The summed E-state index contributed by atoms with van der Waals surface area (Å²) in [7, 11) is 1.59. The summed E-state index contributed by atoms with van der Waals surface area (Å²) >= 11 is 0. The molecular formula is C10H20N2O4. The Hall–Kier alpha value is -1.14. The standard InChI is InChI=1S/C10H20N2O4/c1-4-16-10(14)8(11)9(13)12-5-7(2)6-15-3/h7-8H,4-6,11H2,1-3H3,(H,12,13). The van der Waals surface area contributed by atoms with Crippen LogP contribution in [-0.4, -0.2) is 44.8 Å². The first kappa shape index (κ1) is 14.9. The van der Waals surface area contributed by atoms with Gasteiger partial charge in [0.15, 0.2) is 6.04 Å². The molecule has 0 aliphatic heterocycles. The number of esters is 1. The highest BCUT2D eigenvalue weighted by Crippen LogP contribution is 1.93. The number of nitrogens with one attached hydrogen (secondary N) is 1. The van der Waals surface area contributed by atoms with E-state index in [1.54, 1.807) is 14.0 Å². The molecule has 0 aromatic rings. The lowest BCUT2D eigenvalue weighted by Gasteiger charge is -2.14. The maximum Gasteiger partial charge on any atom is 0.332 e. The highest BCUT2D eigenvalue weighted by Gasteiger charge is 2.23. The Kier molecular flexibility index (Phi) is 7.49. The number of nitrogens with two attached hydrogens (primary N) is 1. The molecule has 2 atom stereocenters. The van der Waals surface area contributed by atoms with Crippen molar-refractivity contribution >= 4 is 11.9 Å². The highest BCUT2D eigenvalue weighted by atomic mass is 16.5. The fraction of sp³-hybridized carbons (Fsp3) is 0.800. The smallest absolute Gasteiger partial charge is 0.332 e. The molecule has 0 fully saturated rings. The van der Waals surface area contributed by atoms with Crippen molar-refractivity contribution in [2.75, 3.05) is 26.9 Å². The number of hydrogen-bond acceptors (Lipinski definition) is 5. The third kappa shape index (κ3) is 5.67. The quantitative estimate of drug-likeness (QED) is 0.446. The van der Waals surface area contributed by atoms with E-state index in [1.807, 2.05) is 6.92 Å². The number of hydrogen-bond donors (Lipinski definition) is 2. The van der Waals surface area contributed by atoms with Crippen LogP contribution < -0.4 is 11.1 Å². The van der Waals surface area contributed by atoms with Crippen LogP contribution in [0.5, 0.6) is 0 Å². The predicted molar refractivity (Wildman–Crippen MR) is 58.7 cm³/mol. The third-order valence-electron chi connectivity index (χ3n) is 1.90. The van der Waals surface area contributed by atoms with Crippen molar-refractivity contribution < 1.29 is 19.1 Å². The van der Waals surface area contributed by atoms with Crippen molar-refractivity contribution in [1.29, 1.82) is 0 Å². The van der Waals surface area contributed by atoms with Crippen LogP contribution in [0.2, 0.25) is 0 Å². The van der Waals surface area contributed by atoms with Crippen molar-refractivity contribution in [3.05, 3.63) is 0 Å². The lowest BCUT2D eigenvalue weighted by molar-refractivity contribution is -0.148. The molecule has 0 rings (SSSR count). The number of methoxy groups -OCH3 is 1. The molecule has 6 nitrogen and oxygen atoms in total. The van der Waals surface area contributed by atoms with Crippen LogP contribution in [-0.2, 0) is 19.1 Å².